The van der Waals surface area contributed by atoms with Crippen LogP contribution in [-0.4, -0.2) is 64.9 Å². The molecular weight excluding hydrogens is 382 g/mol. The number of hydrogen-bond acceptors (Lipinski definition) is 6. The van der Waals surface area contributed by atoms with Crippen molar-refractivity contribution in [3.63, 3.8) is 0 Å². The lowest BCUT2D eigenvalue weighted by atomic mass is 10.1. The highest BCUT2D eigenvalue weighted by Gasteiger charge is 2.32. The van der Waals surface area contributed by atoms with E-state index in [1.807, 2.05) is 24.0 Å². The minimum atomic E-state index is -0.278. The summed E-state index contributed by atoms with van der Waals surface area (Å²) >= 11 is 0. The first-order valence-corrected chi connectivity index (χ1v) is 10.4. The number of carbonyl (C=O) groups excluding carboxylic acids is 2. The number of hydrogen-bond donors (Lipinski definition) is 1. The number of rotatable bonds is 6. The van der Waals surface area contributed by atoms with Gasteiger partial charge in [-0.25, -0.2) is 9.97 Å². The monoisotopic (exact) mass is 409 g/mol. The first kappa shape index (κ1) is 20.3. The molecule has 30 heavy (non-hydrogen) atoms. The Labute approximate surface area is 176 Å². The molecule has 0 saturated carbocycles. The lowest BCUT2D eigenvalue weighted by Gasteiger charge is -2.33. The number of benzene rings is 1. The summed E-state index contributed by atoms with van der Waals surface area (Å²) < 4.78 is 5.29. The molecule has 1 aromatic carbocycles. The summed E-state index contributed by atoms with van der Waals surface area (Å²) in [6, 6.07) is 7.27. The van der Waals surface area contributed by atoms with Crippen LogP contribution in [0.15, 0.2) is 30.5 Å². The molecule has 2 aromatic rings. The van der Waals surface area contributed by atoms with Gasteiger partial charge >= 0.3 is 0 Å². The summed E-state index contributed by atoms with van der Waals surface area (Å²) in [7, 11) is 1.56. The van der Waals surface area contributed by atoms with E-state index in [1.165, 1.54) is 0 Å². The highest BCUT2D eigenvalue weighted by Crippen LogP contribution is 2.30. The predicted molar refractivity (Wildman–Crippen MR) is 112 cm³/mol. The normalized spacial score (nSPS) is 18.7. The Morgan fingerprint density at radius 2 is 2.00 bits per heavy atom. The Bertz CT molecular complexity index is 944. The molecule has 2 fully saturated rings. The summed E-state index contributed by atoms with van der Waals surface area (Å²) in [4.78, 5) is 38.3. The largest absolute Gasteiger partial charge is 0.495 e. The number of para-hydroxylation sites is 2. The zero-order valence-electron chi connectivity index (χ0n) is 17.4. The first-order chi connectivity index (χ1) is 14.6. The van der Waals surface area contributed by atoms with E-state index < -0.39 is 0 Å². The van der Waals surface area contributed by atoms with Gasteiger partial charge in [-0.1, -0.05) is 12.1 Å². The van der Waals surface area contributed by atoms with Crippen molar-refractivity contribution in [3.05, 3.63) is 47.5 Å². The number of ether oxygens (including phenoxy) is 1. The van der Waals surface area contributed by atoms with Gasteiger partial charge in [0.15, 0.2) is 0 Å². The Kier molecular flexibility index (Phi) is 5.94. The summed E-state index contributed by atoms with van der Waals surface area (Å²) in [5.74, 6) is 1.17. The fraction of sp³-hybridized carbons (Fsp3) is 0.455. The van der Waals surface area contributed by atoms with Gasteiger partial charge in [0.2, 0.25) is 5.91 Å². The summed E-state index contributed by atoms with van der Waals surface area (Å²) in [5.41, 5.74) is 1.64. The maximum atomic E-state index is 12.8. The number of carbonyl (C=O) groups is 2. The zero-order valence-corrected chi connectivity index (χ0v) is 17.4. The number of anilines is 1. The Hall–Kier alpha value is -3.00. The van der Waals surface area contributed by atoms with Crippen LogP contribution in [0.4, 0.5) is 5.69 Å². The highest BCUT2D eigenvalue weighted by atomic mass is 16.5. The average molecular weight is 409 g/mol. The van der Waals surface area contributed by atoms with Crippen LogP contribution in [0.3, 0.4) is 0 Å². The van der Waals surface area contributed by atoms with Crippen molar-refractivity contribution < 1.29 is 14.3 Å². The summed E-state index contributed by atoms with van der Waals surface area (Å²) in [6.45, 7) is 4.81. The molecule has 3 heterocycles. The predicted octanol–water partition coefficient (Wildman–Crippen LogP) is 2.42. The SMILES string of the molecule is COc1ccccc1NC(=O)c1cnc(C2CCCN2CC(=O)N2CCC2)nc1C. The van der Waals surface area contributed by atoms with E-state index in [2.05, 4.69) is 20.2 Å². The second-order valence-electron chi connectivity index (χ2n) is 7.74. The molecule has 1 aromatic heterocycles. The summed E-state index contributed by atoms with van der Waals surface area (Å²) in [5, 5.41) is 2.86. The molecule has 1 unspecified atom stereocenters. The molecule has 2 amide bonds. The maximum Gasteiger partial charge on any atom is 0.259 e. The van der Waals surface area contributed by atoms with Gasteiger partial charge in [-0.15, -0.1) is 0 Å². The molecule has 0 radical (unpaired) electrons. The van der Waals surface area contributed by atoms with E-state index in [-0.39, 0.29) is 17.9 Å². The van der Waals surface area contributed by atoms with Gasteiger partial charge in [0, 0.05) is 19.3 Å². The van der Waals surface area contributed by atoms with Crippen molar-refractivity contribution in [2.45, 2.75) is 32.2 Å². The first-order valence-electron chi connectivity index (χ1n) is 10.4. The quantitative estimate of drug-likeness (QED) is 0.788. The molecule has 1 N–H and O–H groups in total. The van der Waals surface area contributed by atoms with E-state index in [0.717, 1.165) is 38.9 Å². The number of methoxy groups -OCH3 is 1. The van der Waals surface area contributed by atoms with E-state index in [9.17, 15) is 9.59 Å². The lowest BCUT2D eigenvalue weighted by Crippen LogP contribution is -2.47. The van der Waals surface area contributed by atoms with Crippen molar-refractivity contribution >= 4 is 17.5 Å². The van der Waals surface area contributed by atoms with Crippen LogP contribution >= 0.6 is 0 Å². The Balaban J connectivity index is 1.47. The topological polar surface area (TPSA) is 87.7 Å². The minimum absolute atomic E-state index is 0.0141. The molecule has 2 saturated heterocycles. The number of amides is 2. The van der Waals surface area contributed by atoms with E-state index in [0.29, 0.717) is 35.1 Å². The highest BCUT2D eigenvalue weighted by molar-refractivity contribution is 6.05. The molecule has 4 rings (SSSR count). The third-order valence-corrected chi connectivity index (χ3v) is 5.81. The molecule has 0 bridgehead atoms. The molecule has 2 aliphatic rings. The van der Waals surface area contributed by atoms with Gasteiger partial charge in [-0.3, -0.25) is 14.5 Å². The average Bonchev–Trinajstić information content (AvgIpc) is 3.14. The standard InChI is InChI=1S/C22H27N5O3/c1-15-16(22(29)25-17-7-3-4-9-19(17)30-2)13-23-21(24-15)18-8-5-10-27(18)14-20(28)26-11-6-12-26/h3-4,7,9,13,18H,5-6,8,10-12,14H2,1-2H3,(H,25,29). The second-order valence-corrected chi connectivity index (χ2v) is 7.74. The molecule has 158 valence electrons. The molecule has 1 atom stereocenters. The smallest absolute Gasteiger partial charge is 0.259 e. The van der Waals surface area contributed by atoms with E-state index in [1.54, 1.807) is 25.4 Å². The molecule has 0 spiro atoms. The van der Waals surface area contributed by atoms with E-state index >= 15 is 0 Å². The fourth-order valence-corrected chi connectivity index (χ4v) is 3.95. The van der Waals surface area contributed by atoms with Gasteiger partial charge in [0.1, 0.15) is 11.6 Å². The number of aromatic nitrogens is 2. The molecule has 2 aliphatic heterocycles. The molecule has 8 heteroatoms. The van der Waals surface area contributed by atoms with Crippen LogP contribution < -0.4 is 10.1 Å². The number of likely N-dealkylation sites (tertiary alicyclic amines) is 2. The van der Waals surface area contributed by atoms with Gasteiger partial charge in [0.05, 0.1) is 36.6 Å². The Morgan fingerprint density at radius 3 is 2.70 bits per heavy atom. The van der Waals surface area contributed by atoms with Crippen molar-refractivity contribution in [1.29, 1.82) is 0 Å². The number of aryl methyl sites for hydroxylation is 1. The summed E-state index contributed by atoms with van der Waals surface area (Å²) in [6.07, 6.45) is 4.60. The third-order valence-electron chi connectivity index (χ3n) is 5.81. The van der Waals surface area contributed by atoms with Crippen LogP contribution in [0.25, 0.3) is 0 Å². The van der Waals surface area contributed by atoms with Crippen LogP contribution in [0, 0.1) is 6.92 Å². The fourth-order valence-electron chi connectivity index (χ4n) is 3.95. The lowest BCUT2D eigenvalue weighted by molar-refractivity contribution is -0.136. The number of nitrogens with one attached hydrogen (secondary N) is 1. The molecule has 0 aliphatic carbocycles. The molecule has 8 nitrogen and oxygen atoms in total. The van der Waals surface area contributed by atoms with Crippen molar-refractivity contribution in [2.75, 3.05) is 38.6 Å². The van der Waals surface area contributed by atoms with Crippen molar-refractivity contribution in [1.82, 2.24) is 19.8 Å². The van der Waals surface area contributed by atoms with Crippen LogP contribution in [-0.2, 0) is 4.79 Å². The zero-order chi connectivity index (χ0) is 21.1. The van der Waals surface area contributed by atoms with Gasteiger partial charge < -0.3 is 15.0 Å². The van der Waals surface area contributed by atoms with Crippen LogP contribution in [0.2, 0.25) is 0 Å². The van der Waals surface area contributed by atoms with Crippen LogP contribution in [0.1, 0.15) is 47.2 Å². The number of nitrogens with zero attached hydrogens (tertiary/aromatic N) is 4. The van der Waals surface area contributed by atoms with Gasteiger partial charge in [-0.05, 0) is 44.9 Å². The van der Waals surface area contributed by atoms with Gasteiger partial charge in [-0.2, -0.15) is 0 Å². The third kappa shape index (κ3) is 4.14. The van der Waals surface area contributed by atoms with Gasteiger partial charge in [0.25, 0.3) is 5.91 Å². The van der Waals surface area contributed by atoms with E-state index in [4.69, 9.17) is 4.74 Å². The van der Waals surface area contributed by atoms with Crippen molar-refractivity contribution in [3.8, 4) is 5.75 Å². The van der Waals surface area contributed by atoms with Crippen molar-refractivity contribution in [2.24, 2.45) is 0 Å². The molecular formula is C22H27N5O3. The maximum absolute atomic E-state index is 12.8. The Morgan fingerprint density at radius 1 is 1.20 bits per heavy atom. The second kappa shape index (κ2) is 8.79. The minimum Gasteiger partial charge on any atom is -0.495 e. The van der Waals surface area contributed by atoms with Crippen LogP contribution in [0.5, 0.6) is 5.75 Å².